The van der Waals surface area contributed by atoms with Crippen LogP contribution in [0.3, 0.4) is 0 Å². The van der Waals surface area contributed by atoms with Gasteiger partial charge in [-0.2, -0.15) is 0 Å². The number of carbonyl (C=O) groups excluding carboxylic acids is 1. The quantitative estimate of drug-likeness (QED) is 0.750. The molecule has 0 bridgehead atoms. The largest absolute Gasteiger partial charge is 0.351 e. The second-order valence-corrected chi connectivity index (χ2v) is 3.34. The first-order chi connectivity index (χ1) is 6.65. The highest BCUT2D eigenvalue weighted by Crippen LogP contribution is 2.09. The van der Waals surface area contributed by atoms with Gasteiger partial charge in [-0.1, -0.05) is 6.07 Å². The summed E-state index contributed by atoms with van der Waals surface area (Å²) in [5.41, 5.74) is 8.31. The molecule has 0 aromatic heterocycles. The van der Waals surface area contributed by atoms with Crippen LogP contribution in [0.25, 0.3) is 0 Å². The highest BCUT2D eigenvalue weighted by molar-refractivity contribution is 5.94. The molecule has 1 aromatic carbocycles. The highest BCUT2D eigenvalue weighted by atomic mass is 16.1. The number of rotatable bonds is 3. The molecule has 3 N–H and O–H groups in total. The summed E-state index contributed by atoms with van der Waals surface area (Å²) in [7, 11) is 0. The van der Waals surface area contributed by atoms with Crippen LogP contribution in [0.15, 0.2) is 18.2 Å². The molecular formula is C11H16N2O. The number of hydrogen-bond acceptors (Lipinski definition) is 2. The summed E-state index contributed by atoms with van der Waals surface area (Å²) in [5, 5.41) is 2.73. The Kier molecular flexibility index (Phi) is 3.65. The molecule has 0 heterocycles. The first-order valence-corrected chi connectivity index (χ1v) is 4.70. The third kappa shape index (κ3) is 2.57. The molecule has 0 atom stereocenters. The zero-order chi connectivity index (χ0) is 10.6. The normalized spacial score (nSPS) is 9.93. The number of hydrogen-bond donors (Lipinski definition) is 2. The molecule has 14 heavy (non-hydrogen) atoms. The van der Waals surface area contributed by atoms with Crippen LogP contribution in [0.1, 0.15) is 21.5 Å². The number of benzene rings is 1. The zero-order valence-corrected chi connectivity index (χ0v) is 8.63. The summed E-state index contributed by atoms with van der Waals surface area (Å²) in [6, 6.07) is 5.67. The second-order valence-electron chi connectivity index (χ2n) is 3.34. The third-order valence-electron chi connectivity index (χ3n) is 2.20. The van der Waals surface area contributed by atoms with Gasteiger partial charge in [0.2, 0.25) is 0 Å². The number of carbonyl (C=O) groups is 1. The Morgan fingerprint density at radius 3 is 2.64 bits per heavy atom. The Bertz CT molecular complexity index is 334. The van der Waals surface area contributed by atoms with Crippen LogP contribution in [-0.4, -0.2) is 19.0 Å². The summed E-state index contributed by atoms with van der Waals surface area (Å²) in [5.74, 6) is -0.0569. The van der Waals surface area contributed by atoms with Crippen LogP contribution in [-0.2, 0) is 0 Å². The fourth-order valence-corrected chi connectivity index (χ4v) is 1.17. The standard InChI is InChI=1S/C11H16N2O/c1-8-3-4-10(7-9(8)2)11(14)13-6-5-12/h3-4,7H,5-6,12H2,1-2H3,(H,13,14). The van der Waals surface area contributed by atoms with Crippen molar-refractivity contribution in [3.8, 4) is 0 Å². The number of aryl methyl sites for hydroxylation is 2. The smallest absolute Gasteiger partial charge is 0.251 e. The van der Waals surface area contributed by atoms with E-state index in [2.05, 4.69) is 5.32 Å². The summed E-state index contributed by atoms with van der Waals surface area (Å²) in [6.07, 6.45) is 0. The molecule has 1 rings (SSSR count). The van der Waals surface area contributed by atoms with Crippen molar-refractivity contribution in [1.29, 1.82) is 0 Å². The zero-order valence-electron chi connectivity index (χ0n) is 8.63. The maximum Gasteiger partial charge on any atom is 0.251 e. The summed E-state index contributed by atoms with van der Waals surface area (Å²) in [4.78, 5) is 11.5. The first-order valence-electron chi connectivity index (χ1n) is 4.70. The van der Waals surface area contributed by atoms with Crippen molar-refractivity contribution in [2.45, 2.75) is 13.8 Å². The number of amides is 1. The Balaban J connectivity index is 2.76. The molecule has 76 valence electrons. The molecule has 0 fully saturated rings. The Labute approximate surface area is 84.3 Å². The number of nitrogens with one attached hydrogen (secondary N) is 1. The van der Waals surface area contributed by atoms with Crippen molar-refractivity contribution >= 4 is 5.91 Å². The Morgan fingerprint density at radius 1 is 1.36 bits per heavy atom. The lowest BCUT2D eigenvalue weighted by Gasteiger charge is -2.05. The predicted molar refractivity (Wildman–Crippen MR) is 57.3 cm³/mol. The summed E-state index contributed by atoms with van der Waals surface area (Å²) in [6.45, 7) is 5.01. The Hall–Kier alpha value is -1.35. The van der Waals surface area contributed by atoms with Gasteiger partial charge in [-0.05, 0) is 37.1 Å². The van der Waals surface area contributed by atoms with Crippen molar-refractivity contribution in [2.75, 3.05) is 13.1 Å². The van der Waals surface area contributed by atoms with E-state index in [0.29, 0.717) is 18.7 Å². The first kappa shape index (κ1) is 10.7. The van der Waals surface area contributed by atoms with Crippen LogP contribution in [0.5, 0.6) is 0 Å². The van der Waals surface area contributed by atoms with E-state index < -0.39 is 0 Å². The lowest BCUT2D eigenvalue weighted by Crippen LogP contribution is -2.29. The topological polar surface area (TPSA) is 55.1 Å². The van der Waals surface area contributed by atoms with Crippen molar-refractivity contribution in [3.05, 3.63) is 34.9 Å². The van der Waals surface area contributed by atoms with Gasteiger partial charge in [0.15, 0.2) is 0 Å². The number of nitrogens with two attached hydrogens (primary N) is 1. The van der Waals surface area contributed by atoms with E-state index in [0.717, 1.165) is 5.56 Å². The van der Waals surface area contributed by atoms with Crippen molar-refractivity contribution in [2.24, 2.45) is 5.73 Å². The van der Waals surface area contributed by atoms with Crippen LogP contribution < -0.4 is 11.1 Å². The summed E-state index contributed by atoms with van der Waals surface area (Å²) >= 11 is 0. The average molecular weight is 192 g/mol. The molecule has 0 aliphatic heterocycles. The van der Waals surface area contributed by atoms with Gasteiger partial charge in [-0.25, -0.2) is 0 Å². The van der Waals surface area contributed by atoms with Crippen LogP contribution in [0.4, 0.5) is 0 Å². The van der Waals surface area contributed by atoms with Gasteiger partial charge in [0.25, 0.3) is 5.91 Å². The molecular weight excluding hydrogens is 176 g/mol. The maximum absolute atomic E-state index is 11.5. The molecule has 0 spiro atoms. The third-order valence-corrected chi connectivity index (χ3v) is 2.20. The molecule has 0 unspecified atom stereocenters. The molecule has 1 amide bonds. The van der Waals surface area contributed by atoms with E-state index in [-0.39, 0.29) is 5.91 Å². The molecule has 0 radical (unpaired) electrons. The molecule has 3 nitrogen and oxygen atoms in total. The van der Waals surface area contributed by atoms with E-state index in [1.165, 1.54) is 5.56 Å². The maximum atomic E-state index is 11.5. The molecule has 0 saturated carbocycles. The van der Waals surface area contributed by atoms with E-state index in [1.807, 2.05) is 32.0 Å². The highest BCUT2D eigenvalue weighted by Gasteiger charge is 2.04. The van der Waals surface area contributed by atoms with Gasteiger partial charge < -0.3 is 11.1 Å². The van der Waals surface area contributed by atoms with Crippen LogP contribution in [0, 0.1) is 13.8 Å². The SMILES string of the molecule is Cc1ccc(C(=O)NCCN)cc1C. The molecule has 0 aliphatic carbocycles. The molecule has 0 saturated heterocycles. The van der Waals surface area contributed by atoms with Crippen LogP contribution >= 0.6 is 0 Å². The van der Waals surface area contributed by atoms with Crippen molar-refractivity contribution in [1.82, 2.24) is 5.32 Å². The van der Waals surface area contributed by atoms with Gasteiger partial charge in [0.05, 0.1) is 0 Å². The molecule has 0 aliphatic rings. The van der Waals surface area contributed by atoms with E-state index in [1.54, 1.807) is 0 Å². The molecule has 1 aromatic rings. The lowest BCUT2D eigenvalue weighted by molar-refractivity contribution is 0.0954. The van der Waals surface area contributed by atoms with Gasteiger partial charge in [-0.3, -0.25) is 4.79 Å². The van der Waals surface area contributed by atoms with E-state index in [9.17, 15) is 4.79 Å². The van der Waals surface area contributed by atoms with Gasteiger partial charge >= 0.3 is 0 Å². The van der Waals surface area contributed by atoms with Gasteiger partial charge in [0.1, 0.15) is 0 Å². The summed E-state index contributed by atoms with van der Waals surface area (Å²) < 4.78 is 0. The van der Waals surface area contributed by atoms with Gasteiger partial charge in [-0.15, -0.1) is 0 Å². The molecule has 3 heteroatoms. The fourth-order valence-electron chi connectivity index (χ4n) is 1.17. The minimum absolute atomic E-state index is 0.0569. The minimum atomic E-state index is -0.0569. The van der Waals surface area contributed by atoms with Crippen LogP contribution in [0.2, 0.25) is 0 Å². The lowest BCUT2D eigenvalue weighted by atomic mass is 10.1. The fraction of sp³-hybridized carbons (Fsp3) is 0.364. The minimum Gasteiger partial charge on any atom is -0.351 e. The van der Waals surface area contributed by atoms with E-state index >= 15 is 0 Å². The van der Waals surface area contributed by atoms with Gasteiger partial charge in [0, 0.05) is 18.7 Å². The predicted octanol–water partition coefficient (Wildman–Crippen LogP) is 0.992. The monoisotopic (exact) mass is 192 g/mol. The van der Waals surface area contributed by atoms with E-state index in [4.69, 9.17) is 5.73 Å². The van der Waals surface area contributed by atoms with Crippen molar-refractivity contribution < 1.29 is 4.79 Å². The Morgan fingerprint density at radius 2 is 2.07 bits per heavy atom. The average Bonchev–Trinajstić information content (AvgIpc) is 2.18. The second kappa shape index (κ2) is 4.77. The van der Waals surface area contributed by atoms with Crippen molar-refractivity contribution in [3.63, 3.8) is 0 Å².